The second-order valence-electron chi connectivity index (χ2n) is 10.9. The van der Waals surface area contributed by atoms with Gasteiger partial charge in [-0.3, -0.25) is 9.59 Å². The molecule has 10 heteroatoms. The van der Waals surface area contributed by atoms with Crippen molar-refractivity contribution >= 4 is 23.6 Å². The van der Waals surface area contributed by atoms with E-state index >= 15 is 0 Å². The Hall–Kier alpha value is -5.12. The van der Waals surface area contributed by atoms with Crippen LogP contribution >= 0.6 is 0 Å². The number of hydrogen-bond acceptors (Lipinski definition) is 6. The highest BCUT2D eigenvalue weighted by atomic mass is 16.5. The molecule has 0 saturated heterocycles. The molecule has 4 aromatic rings. The zero-order valence-electron chi connectivity index (χ0n) is 25.4. The van der Waals surface area contributed by atoms with Crippen LogP contribution in [-0.2, 0) is 27.5 Å². The largest absolute Gasteiger partial charge is 0.445 e. The van der Waals surface area contributed by atoms with Crippen molar-refractivity contribution in [2.75, 3.05) is 38.6 Å². The Morgan fingerprint density at radius 3 is 2.18 bits per heavy atom. The first-order chi connectivity index (χ1) is 21.3. The number of H-pyrrole nitrogens is 1. The van der Waals surface area contributed by atoms with Gasteiger partial charge in [0.1, 0.15) is 6.61 Å². The molecule has 3 N–H and O–H groups in total. The molecule has 0 aliphatic heterocycles. The SMILES string of the molecule is CC(CNC(=O)CN(Cc1ccc(N(C)C)cc1)C(=O)[C@@H](CNC(=O)OCc1ccccc1)c1cnc[nH]1)c1ccccc1. The first-order valence-electron chi connectivity index (χ1n) is 14.6. The predicted octanol–water partition coefficient (Wildman–Crippen LogP) is 4.43. The normalized spacial score (nSPS) is 12.1. The number of carbonyl (C=O) groups is 3. The Morgan fingerprint density at radius 1 is 0.864 bits per heavy atom. The number of nitrogens with zero attached hydrogens (tertiary/aromatic N) is 3. The van der Waals surface area contributed by atoms with Gasteiger partial charge in [0.25, 0.3) is 0 Å². The third-order valence-electron chi connectivity index (χ3n) is 7.30. The Kier molecular flexibility index (Phi) is 11.5. The molecule has 10 nitrogen and oxygen atoms in total. The highest BCUT2D eigenvalue weighted by Gasteiger charge is 2.29. The fraction of sp³-hybridized carbons (Fsp3) is 0.294. The summed E-state index contributed by atoms with van der Waals surface area (Å²) in [6.07, 6.45) is 2.38. The van der Waals surface area contributed by atoms with Crippen LogP contribution in [0.1, 0.15) is 41.1 Å². The third-order valence-corrected chi connectivity index (χ3v) is 7.30. The van der Waals surface area contributed by atoms with Crippen LogP contribution in [-0.4, -0.2) is 66.5 Å². The quantitative estimate of drug-likeness (QED) is 0.198. The number of imidazole rings is 1. The first kappa shape index (κ1) is 31.8. The lowest BCUT2D eigenvalue weighted by molar-refractivity contribution is -0.138. The number of anilines is 1. The molecule has 0 bridgehead atoms. The number of carbonyl (C=O) groups excluding carboxylic acids is 3. The molecule has 0 spiro atoms. The van der Waals surface area contributed by atoms with Crippen LogP contribution in [0.25, 0.3) is 0 Å². The predicted molar refractivity (Wildman–Crippen MR) is 170 cm³/mol. The molecule has 44 heavy (non-hydrogen) atoms. The molecule has 2 atom stereocenters. The zero-order chi connectivity index (χ0) is 31.3. The number of aromatic nitrogens is 2. The standard InChI is InChI=1S/C34H40N6O4/c1-25(28-12-8-5-9-13-28)18-36-32(41)22-40(21-26-14-16-29(17-15-26)39(2)3)33(42)30(31-20-35-24-38-31)19-37-34(43)44-23-27-10-6-4-7-11-27/h4-17,20,24-25,30H,18-19,21-23H2,1-3H3,(H,35,38)(H,36,41)(H,37,43)/t25?,30-/m0/s1. The molecule has 0 fully saturated rings. The van der Waals surface area contributed by atoms with E-state index in [2.05, 4.69) is 20.6 Å². The van der Waals surface area contributed by atoms with Crippen molar-refractivity contribution in [3.8, 4) is 0 Å². The molecule has 3 aromatic carbocycles. The van der Waals surface area contributed by atoms with Crippen molar-refractivity contribution in [3.63, 3.8) is 0 Å². The smallest absolute Gasteiger partial charge is 0.407 e. The van der Waals surface area contributed by atoms with E-state index in [4.69, 9.17) is 4.74 Å². The molecule has 0 radical (unpaired) electrons. The number of alkyl carbamates (subject to hydrolysis) is 1. The molecule has 0 saturated carbocycles. The van der Waals surface area contributed by atoms with Crippen molar-refractivity contribution in [2.24, 2.45) is 0 Å². The number of rotatable bonds is 14. The molecular formula is C34H40N6O4. The number of ether oxygens (including phenoxy) is 1. The summed E-state index contributed by atoms with van der Waals surface area (Å²) in [5, 5.41) is 5.69. The van der Waals surface area contributed by atoms with Gasteiger partial charge in [-0.2, -0.15) is 0 Å². The molecule has 4 rings (SSSR count). The fourth-order valence-corrected chi connectivity index (χ4v) is 4.69. The lowest BCUT2D eigenvalue weighted by atomic mass is 10.0. The molecule has 1 unspecified atom stereocenters. The van der Waals surface area contributed by atoms with Gasteiger partial charge in [-0.1, -0.05) is 79.7 Å². The summed E-state index contributed by atoms with van der Waals surface area (Å²) in [5.74, 6) is -1.32. The van der Waals surface area contributed by atoms with Crippen molar-refractivity contribution in [3.05, 3.63) is 120 Å². The van der Waals surface area contributed by atoms with Crippen LogP contribution < -0.4 is 15.5 Å². The molecule has 3 amide bonds. The van der Waals surface area contributed by atoms with Crippen LogP contribution in [0.15, 0.2) is 97.5 Å². The Bertz CT molecular complexity index is 1460. The van der Waals surface area contributed by atoms with Gasteiger partial charge >= 0.3 is 6.09 Å². The average molecular weight is 597 g/mol. The Morgan fingerprint density at radius 2 is 1.55 bits per heavy atom. The minimum Gasteiger partial charge on any atom is -0.445 e. The summed E-state index contributed by atoms with van der Waals surface area (Å²) < 4.78 is 5.35. The van der Waals surface area contributed by atoms with Crippen LogP contribution in [0.2, 0.25) is 0 Å². The van der Waals surface area contributed by atoms with Gasteiger partial charge in [0.15, 0.2) is 0 Å². The summed E-state index contributed by atoms with van der Waals surface area (Å²) in [6.45, 7) is 2.59. The maximum absolute atomic E-state index is 14.1. The van der Waals surface area contributed by atoms with E-state index in [-0.39, 0.29) is 44.0 Å². The third kappa shape index (κ3) is 9.45. The molecule has 0 aliphatic rings. The van der Waals surface area contributed by atoms with Crippen LogP contribution in [0.4, 0.5) is 10.5 Å². The van der Waals surface area contributed by atoms with Gasteiger partial charge in [0.2, 0.25) is 11.8 Å². The van der Waals surface area contributed by atoms with Gasteiger partial charge in [-0.05, 0) is 34.7 Å². The van der Waals surface area contributed by atoms with Crippen LogP contribution in [0.3, 0.4) is 0 Å². The highest BCUT2D eigenvalue weighted by molar-refractivity contribution is 5.89. The first-order valence-corrected chi connectivity index (χ1v) is 14.6. The maximum Gasteiger partial charge on any atom is 0.407 e. The van der Waals surface area contributed by atoms with E-state index in [0.29, 0.717) is 12.2 Å². The van der Waals surface area contributed by atoms with Gasteiger partial charge in [-0.25, -0.2) is 9.78 Å². The number of hydrogen-bond donors (Lipinski definition) is 3. The van der Waals surface area contributed by atoms with E-state index in [1.807, 2.05) is 111 Å². The van der Waals surface area contributed by atoms with Crippen molar-refractivity contribution in [1.29, 1.82) is 0 Å². The number of nitrogens with one attached hydrogen (secondary N) is 3. The van der Waals surface area contributed by atoms with E-state index in [1.54, 1.807) is 6.20 Å². The second-order valence-corrected chi connectivity index (χ2v) is 10.9. The summed E-state index contributed by atoms with van der Waals surface area (Å²) in [5.41, 5.74) is 4.37. The molecule has 1 aromatic heterocycles. The van der Waals surface area contributed by atoms with E-state index < -0.39 is 12.0 Å². The topological polar surface area (TPSA) is 120 Å². The summed E-state index contributed by atoms with van der Waals surface area (Å²) in [7, 11) is 3.91. The van der Waals surface area contributed by atoms with Gasteiger partial charge in [0.05, 0.1) is 18.8 Å². The van der Waals surface area contributed by atoms with Crippen molar-refractivity contribution in [1.82, 2.24) is 25.5 Å². The zero-order valence-corrected chi connectivity index (χ0v) is 25.4. The minimum absolute atomic E-state index is 0.0443. The van der Waals surface area contributed by atoms with Gasteiger partial charge in [0, 0.05) is 51.3 Å². The number of benzene rings is 3. The second kappa shape index (κ2) is 15.9. The fourth-order valence-electron chi connectivity index (χ4n) is 4.69. The average Bonchev–Trinajstić information content (AvgIpc) is 3.58. The summed E-state index contributed by atoms with van der Waals surface area (Å²) in [6, 6.07) is 27.1. The maximum atomic E-state index is 14.1. The van der Waals surface area contributed by atoms with E-state index in [9.17, 15) is 14.4 Å². The number of aromatic amines is 1. The number of amides is 3. The lowest BCUT2D eigenvalue weighted by Crippen LogP contribution is -2.45. The van der Waals surface area contributed by atoms with Gasteiger partial charge in [-0.15, -0.1) is 0 Å². The summed E-state index contributed by atoms with van der Waals surface area (Å²) >= 11 is 0. The highest BCUT2D eigenvalue weighted by Crippen LogP contribution is 2.20. The Balaban J connectivity index is 1.47. The molecule has 0 aliphatic carbocycles. The van der Waals surface area contributed by atoms with E-state index in [0.717, 1.165) is 22.4 Å². The minimum atomic E-state index is -0.820. The Labute approximate surface area is 258 Å². The molecular weight excluding hydrogens is 556 g/mol. The lowest BCUT2D eigenvalue weighted by Gasteiger charge is -2.27. The van der Waals surface area contributed by atoms with E-state index in [1.165, 1.54) is 11.2 Å². The monoisotopic (exact) mass is 596 g/mol. The molecule has 1 heterocycles. The van der Waals surface area contributed by atoms with Crippen molar-refractivity contribution in [2.45, 2.75) is 31.9 Å². The molecule has 230 valence electrons. The summed E-state index contributed by atoms with van der Waals surface area (Å²) in [4.78, 5) is 50.4. The van der Waals surface area contributed by atoms with Gasteiger partial charge < -0.3 is 30.2 Å². The van der Waals surface area contributed by atoms with Crippen LogP contribution in [0.5, 0.6) is 0 Å². The van der Waals surface area contributed by atoms with Crippen LogP contribution in [0, 0.1) is 0 Å². The van der Waals surface area contributed by atoms with Crippen molar-refractivity contribution < 1.29 is 19.1 Å².